The first-order chi connectivity index (χ1) is 60.0. The van der Waals surface area contributed by atoms with E-state index in [0.29, 0.717) is 0 Å². The van der Waals surface area contributed by atoms with Gasteiger partial charge in [-0.1, -0.05) is 322 Å². The maximum absolute atomic E-state index is 6.48. The van der Waals surface area contributed by atoms with Crippen LogP contribution in [0, 0.1) is 0 Å². The first kappa shape index (κ1) is 69.5. The van der Waals surface area contributed by atoms with E-state index in [0.717, 1.165) is 112 Å². The van der Waals surface area contributed by atoms with Crippen molar-refractivity contribution >= 4 is 90.2 Å². The summed E-state index contributed by atoms with van der Waals surface area (Å²) in [6.07, 6.45) is 0. The second-order valence-electron chi connectivity index (χ2n) is 32.2. The minimum absolute atomic E-state index is 0.606. The first-order valence-electron chi connectivity index (χ1n) is 41.8. The van der Waals surface area contributed by atoms with Crippen molar-refractivity contribution in [2.75, 3.05) is 19.6 Å². The van der Waals surface area contributed by atoms with Crippen molar-refractivity contribution in [1.82, 2.24) is 0 Å². The lowest BCUT2D eigenvalue weighted by molar-refractivity contribution is 0.669. The summed E-state index contributed by atoms with van der Waals surface area (Å²) in [6.45, 7) is 0. The van der Waals surface area contributed by atoms with Crippen molar-refractivity contribution in [3.63, 3.8) is 0 Å². The van der Waals surface area contributed by atoms with Gasteiger partial charge >= 0.3 is 0 Å². The van der Waals surface area contributed by atoms with Gasteiger partial charge in [-0.05, 0) is 262 Å². The number of nitrogens with zero attached hydrogens (tertiary/aromatic N) is 4. The molecular weight excluding hydrogens is 1470 g/mol. The molecule has 1 aromatic heterocycles. The average Bonchev–Trinajstić information content (AvgIpc) is 1.54. The van der Waals surface area contributed by atoms with Gasteiger partial charge in [0, 0.05) is 56.3 Å². The molecule has 0 fully saturated rings. The summed E-state index contributed by atoms with van der Waals surface area (Å²) in [5.41, 5.74) is 40.5. The fourth-order valence-corrected chi connectivity index (χ4v) is 20.6. The zero-order valence-corrected chi connectivity index (χ0v) is 66.1. The van der Waals surface area contributed by atoms with Crippen LogP contribution in [0.3, 0.4) is 0 Å². The van der Waals surface area contributed by atoms with Crippen molar-refractivity contribution in [1.29, 1.82) is 0 Å². The van der Waals surface area contributed by atoms with Crippen LogP contribution < -0.4 is 19.6 Å². The van der Waals surface area contributed by atoms with Crippen molar-refractivity contribution in [2.45, 2.75) is 10.8 Å². The van der Waals surface area contributed by atoms with Crippen LogP contribution in [-0.2, 0) is 10.8 Å². The van der Waals surface area contributed by atoms with Crippen LogP contribution in [0.25, 0.3) is 99.8 Å². The van der Waals surface area contributed by atoms with E-state index >= 15 is 0 Å². The van der Waals surface area contributed by atoms with E-state index < -0.39 is 10.8 Å². The van der Waals surface area contributed by atoms with E-state index in [1.54, 1.807) is 0 Å². The first-order valence-corrected chi connectivity index (χ1v) is 41.8. The smallest absolute Gasteiger partial charge is 0.135 e. The Morgan fingerprint density at radius 1 is 0.174 bits per heavy atom. The molecule has 0 bridgehead atoms. The van der Waals surface area contributed by atoms with Gasteiger partial charge in [-0.3, -0.25) is 0 Å². The fourth-order valence-electron chi connectivity index (χ4n) is 20.6. The molecule has 566 valence electrons. The van der Waals surface area contributed by atoms with Crippen LogP contribution in [-0.4, -0.2) is 0 Å². The van der Waals surface area contributed by atoms with Crippen LogP contribution in [0.1, 0.15) is 44.5 Å². The summed E-state index contributed by atoms with van der Waals surface area (Å²) in [7, 11) is 0. The summed E-state index contributed by atoms with van der Waals surface area (Å²) >= 11 is 0. The highest BCUT2D eigenvalue weighted by molar-refractivity contribution is 6.07. The van der Waals surface area contributed by atoms with Gasteiger partial charge in [-0.25, -0.2) is 0 Å². The van der Waals surface area contributed by atoms with Gasteiger partial charge in [0.1, 0.15) is 11.2 Å². The zero-order valence-electron chi connectivity index (χ0n) is 66.1. The summed E-state index contributed by atoms with van der Waals surface area (Å²) in [6, 6.07) is 170. The molecule has 121 heavy (non-hydrogen) atoms. The Bertz CT molecular complexity index is 7350. The average molecular weight is 1540 g/mol. The number of furan rings is 1. The molecule has 2 aliphatic heterocycles. The van der Waals surface area contributed by atoms with E-state index in [2.05, 4.69) is 475 Å². The van der Waals surface area contributed by atoms with Crippen LogP contribution in [0.4, 0.5) is 68.2 Å². The van der Waals surface area contributed by atoms with E-state index in [9.17, 15) is 0 Å². The monoisotopic (exact) mass is 1540 g/mol. The summed E-state index contributed by atoms with van der Waals surface area (Å²) in [4.78, 5) is 9.76. The third-order valence-electron chi connectivity index (χ3n) is 25.9. The van der Waals surface area contributed by atoms with E-state index in [1.807, 2.05) is 6.07 Å². The lowest BCUT2D eigenvalue weighted by Crippen LogP contribution is -2.36. The molecule has 20 aromatic rings. The minimum atomic E-state index is -0.627. The molecular formula is C116H76N4O. The van der Waals surface area contributed by atoms with Crippen LogP contribution in [0.5, 0.6) is 0 Å². The molecule has 0 saturated heterocycles. The van der Waals surface area contributed by atoms with E-state index in [4.69, 9.17) is 4.42 Å². The Hall–Kier alpha value is -15.8. The standard InChI is InChI=1S/C116H76N4O/c1-4-25-77(26-5-1)81-55-61-89(62-56-81)117(93-67-70-97-95-33-10-13-36-101(95)115(107(97)75-93)103-38-15-19-42-109(103)119(87-29-6-2-7-30-87)110-43-20-16-39-104(110)115)90-63-57-82(58-64-90)80-49-47-78(48-50-80)79-51-53-83(54-52-79)85-27-24-28-86(73-85)84-59-65-91(66-60-84)118(92-69-72-114-100(74-92)99-35-12-23-46-113(99)121-114)94-68-71-98-96-34-11-14-37-102(96)116(108(98)76-94)105-40-17-21-44-111(105)120(88-31-8-3-9-32-88)112-45-22-18-41-106(112)116/h1-76H. The van der Waals surface area contributed by atoms with Gasteiger partial charge in [0.25, 0.3) is 0 Å². The van der Waals surface area contributed by atoms with Crippen LogP contribution >= 0.6 is 0 Å². The number of hydrogen-bond donors (Lipinski definition) is 0. The van der Waals surface area contributed by atoms with Gasteiger partial charge in [-0.15, -0.1) is 0 Å². The van der Waals surface area contributed by atoms with Gasteiger partial charge in [0.05, 0.1) is 33.6 Å². The van der Waals surface area contributed by atoms with Crippen molar-refractivity contribution in [2.24, 2.45) is 0 Å². The molecule has 2 aliphatic carbocycles. The maximum atomic E-state index is 6.48. The molecule has 3 heterocycles. The SMILES string of the molecule is c1ccc(-c2ccc(N(c3ccc(-c4ccc(-c5ccc(-c6cccc(-c7ccc(N(c8ccc9c(c8)C8(c%10ccccc%10-9)c9ccccc9N(c9ccccc9)c9ccccc98)c8ccc9oc%10ccccc%10c9c8)cc7)c6)cc5)cc4)cc3)c3ccc4c(c3)C3(c5ccccc5-4)c4ccccc4N(c4ccccc4)c4ccccc43)cc2)cc1. The normalized spacial score (nSPS) is 13.2. The van der Waals surface area contributed by atoms with Crippen molar-refractivity contribution < 1.29 is 4.42 Å². The second kappa shape index (κ2) is 28.0. The molecule has 0 amide bonds. The predicted molar refractivity (Wildman–Crippen MR) is 501 cm³/mol. The van der Waals surface area contributed by atoms with Crippen molar-refractivity contribution in [3.05, 3.63) is 506 Å². The quantitative estimate of drug-likeness (QED) is 0.115. The van der Waals surface area contributed by atoms with Gasteiger partial charge in [0.15, 0.2) is 0 Å². The molecule has 0 radical (unpaired) electrons. The van der Waals surface area contributed by atoms with Gasteiger partial charge in [0.2, 0.25) is 0 Å². The highest BCUT2D eigenvalue weighted by Crippen LogP contribution is 2.67. The maximum Gasteiger partial charge on any atom is 0.135 e. The Labute approximate surface area is 703 Å². The fraction of sp³-hybridized carbons (Fsp3) is 0.0172. The third kappa shape index (κ3) is 10.9. The van der Waals surface area contributed by atoms with E-state index in [1.165, 1.54) is 101 Å². The highest BCUT2D eigenvalue weighted by atomic mass is 16.3. The number of para-hydroxylation sites is 7. The number of rotatable bonds is 13. The number of fused-ring (bicyclic) bond motifs is 21. The molecule has 0 saturated carbocycles. The Kier molecular flexibility index (Phi) is 16.1. The van der Waals surface area contributed by atoms with E-state index in [-0.39, 0.29) is 0 Å². The lowest BCUT2D eigenvalue weighted by atomic mass is 9.64. The second-order valence-corrected chi connectivity index (χ2v) is 32.2. The molecule has 4 aliphatic rings. The van der Waals surface area contributed by atoms with Gasteiger partial charge < -0.3 is 24.0 Å². The summed E-state index contributed by atoms with van der Waals surface area (Å²) in [5, 5.41) is 2.16. The minimum Gasteiger partial charge on any atom is -0.456 e. The van der Waals surface area contributed by atoms with Crippen LogP contribution in [0.15, 0.2) is 465 Å². The molecule has 24 rings (SSSR count). The number of benzene rings is 19. The van der Waals surface area contributed by atoms with Gasteiger partial charge in [-0.2, -0.15) is 0 Å². The largest absolute Gasteiger partial charge is 0.456 e. The molecule has 2 spiro atoms. The Morgan fingerprint density at radius 2 is 0.455 bits per heavy atom. The Morgan fingerprint density at radius 3 is 0.876 bits per heavy atom. The molecule has 5 nitrogen and oxygen atoms in total. The number of hydrogen-bond acceptors (Lipinski definition) is 5. The Balaban J connectivity index is 0.536. The molecule has 0 N–H and O–H groups in total. The van der Waals surface area contributed by atoms with Crippen LogP contribution in [0.2, 0.25) is 0 Å². The summed E-state index contributed by atoms with van der Waals surface area (Å²) < 4.78 is 6.48. The number of anilines is 12. The highest BCUT2D eigenvalue weighted by Gasteiger charge is 2.54. The molecule has 0 atom stereocenters. The topological polar surface area (TPSA) is 26.1 Å². The molecule has 19 aromatic carbocycles. The third-order valence-corrected chi connectivity index (χ3v) is 25.9. The molecule has 5 heteroatoms. The molecule has 0 unspecified atom stereocenters. The lowest BCUT2D eigenvalue weighted by Gasteiger charge is -2.45. The predicted octanol–water partition coefficient (Wildman–Crippen LogP) is 31.2. The summed E-state index contributed by atoms with van der Waals surface area (Å²) in [5.74, 6) is 0. The zero-order chi connectivity index (χ0) is 79.7. The van der Waals surface area contributed by atoms with Crippen molar-refractivity contribution in [3.8, 4) is 77.9 Å².